The highest BCUT2D eigenvalue weighted by Crippen LogP contribution is 1.99. The minimum atomic E-state index is -0.767. The van der Waals surface area contributed by atoms with Crippen molar-refractivity contribution in [2.45, 2.75) is 19.5 Å². The molecule has 2 amide bonds. The molecule has 0 aliphatic heterocycles. The molecule has 0 aliphatic carbocycles. The van der Waals surface area contributed by atoms with Gasteiger partial charge in [-0.2, -0.15) is 0 Å². The summed E-state index contributed by atoms with van der Waals surface area (Å²) in [5, 5.41) is 5.20. The van der Waals surface area contributed by atoms with Gasteiger partial charge >= 0.3 is 5.69 Å². The summed E-state index contributed by atoms with van der Waals surface area (Å²) in [4.78, 5) is 47.7. The summed E-state index contributed by atoms with van der Waals surface area (Å²) in [6.45, 7) is 1.56. The second kappa shape index (κ2) is 7.61. The van der Waals surface area contributed by atoms with Gasteiger partial charge in [-0.1, -0.05) is 18.2 Å². The Labute approximate surface area is 144 Å². The maximum absolute atomic E-state index is 12.1. The third kappa shape index (κ3) is 4.23. The third-order valence-corrected chi connectivity index (χ3v) is 3.85. The Morgan fingerprint density at radius 3 is 2.36 bits per heavy atom. The minimum Gasteiger partial charge on any atom is -0.349 e. The second-order valence-electron chi connectivity index (χ2n) is 5.65. The summed E-state index contributed by atoms with van der Waals surface area (Å²) in [5.74, 6) is -0.776. The molecule has 8 heteroatoms. The van der Waals surface area contributed by atoms with Gasteiger partial charge in [0, 0.05) is 31.4 Å². The number of carbonyl (C=O) groups is 2. The molecule has 0 bridgehead atoms. The second-order valence-corrected chi connectivity index (χ2v) is 5.65. The smallest absolute Gasteiger partial charge is 0.330 e. The van der Waals surface area contributed by atoms with Gasteiger partial charge in [0.05, 0.1) is 6.54 Å². The van der Waals surface area contributed by atoms with Crippen molar-refractivity contribution in [3.05, 3.63) is 68.5 Å². The number of benzene rings is 1. The molecule has 0 saturated carbocycles. The number of carbonyl (C=O) groups excluding carboxylic acids is 2. The fourth-order valence-electron chi connectivity index (χ4n) is 2.21. The molecule has 0 aliphatic rings. The molecule has 1 atom stereocenters. The molecule has 25 heavy (non-hydrogen) atoms. The highest BCUT2D eigenvalue weighted by Gasteiger charge is 2.17. The molecule has 0 fully saturated rings. The molecule has 8 nitrogen and oxygen atoms in total. The summed E-state index contributed by atoms with van der Waals surface area (Å²) in [5.41, 5.74) is -0.0842. The molecule has 1 aromatic heterocycles. The van der Waals surface area contributed by atoms with Gasteiger partial charge in [0.2, 0.25) is 5.91 Å². The first-order valence-electron chi connectivity index (χ1n) is 7.71. The maximum Gasteiger partial charge on any atom is 0.330 e. The number of hydrogen-bond acceptors (Lipinski definition) is 4. The van der Waals surface area contributed by atoms with Crippen LogP contribution in [0.4, 0.5) is 0 Å². The van der Waals surface area contributed by atoms with Crippen LogP contribution in [0.2, 0.25) is 0 Å². The van der Waals surface area contributed by atoms with Crippen LogP contribution in [-0.4, -0.2) is 27.0 Å². The fourth-order valence-corrected chi connectivity index (χ4v) is 2.21. The van der Waals surface area contributed by atoms with E-state index in [2.05, 4.69) is 10.6 Å². The Morgan fingerprint density at radius 1 is 1.08 bits per heavy atom. The van der Waals surface area contributed by atoms with Crippen molar-refractivity contribution in [2.75, 3.05) is 0 Å². The third-order valence-electron chi connectivity index (χ3n) is 3.85. The normalized spacial score (nSPS) is 11.6. The van der Waals surface area contributed by atoms with Crippen molar-refractivity contribution in [2.24, 2.45) is 14.1 Å². The van der Waals surface area contributed by atoms with E-state index >= 15 is 0 Å². The van der Waals surface area contributed by atoms with Gasteiger partial charge < -0.3 is 10.6 Å². The predicted molar refractivity (Wildman–Crippen MR) is 92.1 cm³/mol. The van der Waals surface area contributed by atoms with Crippen LogP contribution in [-0.2, 0) is 25.4 Å². The summed E-state index contributed by atoms with van der Waals surface area (Å²) in [6.07, 6.45) is 0. The topological polar surface area (TPSA) is 102 Å². The van der Waals surface area contributed by atoms with Crippen LogP contribution >= 0.6 is 0 Å². The van der Waals surface area contributed by atoms with Crippen LogP contribution in [0.5, 0.6) is 0 Å². The number of hydrogen-bond donors (Lipinski definition) is 2. The van der Waals surface area contributed by atoms with E-state index in [9.17, 15) is 19.2 Å². The number of amides is 2. The van der Waals surface area contributed by atoms with Gasteiger partial charge in [0.1, 0.15) is 6.04 Å². The van der Waals surface area contributed by atoms with E-state index in [-0.39, 0.29) is 12.5 Å². The van der Waals surface area contributed by atoms with E-state index in [1.54, 1.807) is 37.3 Å². The standard InChI is InChI=1S/C17H20N4O4/c1-11(19-16(24)12-7-5-4-6-8-12)15(23)18-10-13-9-14(22)21(3)17(25)20(13)2/h4-9,11H,10H2,1-3H3,(H,18,23)(H,19,24). The van der Waals surface area contributed by atoms with Crippen molar-refractivity contribution >= 4 is 11.8 Å². The van der Waals surface area contributed by atoms with Gasteiger partial charge in [-0.15, -0.1) is 0 Å². The lowest BCUT2D eigenvalue weighted by Crippen LogP contribution is -2.45. The molecule has 1 heterocycles. The molecule has 1 aromatic carbocycles. The van der Waals surface area contributed by atoms with Gasteiger partial charge in [-0.05, 0) is 19.1 Å². The molecule has 0 spiro atoms. The summed E-state index contributed by atoms with van der Waals surface area (Å²) >= 11 is 0. The molecule has 2 rings (SSSR count). The first-order valence-corrected chi connectivity index (χ1v) is 7.71. The van der Waals surface area contributed by atoms with E-state index in [4.69, 9.17) is 0 Å². The molecule has 0 radical (unpaired) electrons. The van der Waals surface area contributed by atoms with E-state index in [1.165, 1.54) is 24.7 Å². The zero-order valence-electron chi connectivity index (χ0n) is 14.3. The lowest BCUT2D eigenvalue weighted by Gasteiger charge is -2.15. The Balaban J connectivity index is 2.00. The average molecular weight is 344 g/mol. The van der Waals surface area contributed by atoms with Crippen molar-refractivity contribution in [3.8, 4) is 0 Å². The molecular formula is C17H20N4O4. The first-order chi connectivity index (χ1) is 11.8. The summed E-state index contributed by atoms with van der Waals surface area (Å²) in [7, 11) is 2.90. The average Bonchev–Trinajstić information content (AvgIpc) is 2.62. The SMILES string of the molecule is CC(NC(=O)c1ccccc1)C(=O)NCc1cc(=O)n(C)c(=O)n1C. The highest BCUT2D eigenvalue weighted by molar-refractivity contribution is 5.97. The number of nitrogens with one attached hydrogen (secondary N) is 2. The van der Waals surface area contributed by atoms with E-state index < -0.39 is 23.2 Å². The zero-order chi connectivity index (χ0) is 18.6. The van der Waals surface area contributed by atoms with Crippen molar-refractivity contribution < 1.29 is 9.59 Å². The van der Waals surface area contributed by atoms with Crippen LogP contribution in [0, 0.1) is 0 Å². The number of rotatable bonds is 5. The van der Waals surface area contributed by atoms with E-state index in [0.29, 0.717) is 11.3 Å². The van der Waals surface area contributed by atoms with E-state index in [1.807, 2.05) is 0 Å². The lowest BCUT2D eigenvalue weighted by atomic mass is 10.2. The molecular weight excluding hydrogens is 324 g/mol. The fraction of sp³-hybridized carbons (Fsp3) is 0.294. The monoisotopic (exact) mass is 344 g/mol. The number of aromatic nitrogens is 2. The van der Waals surface area contributed by atoms with Gasteiger partial charge in [-0.25, -0.2) is 4.79 Å². The zero-order valence-corrected chi connectivity index (χ0v) is 14.3. The minimum absolute atomic E-state index is 0.00615. The molecule has 2 aromatic rings. The Bertz CT molecular complexity index is 899. The quantitative estimate of drug-likeness (QED) is 0.765. The van der Waals surface area contributed by atoms with Crippen LogP contribution in [0.1, 0.15) is 23.0 Å². The lowest BCUT2D eigenvalue weighted by molar-refractivity contribution is -0.122. The maximum atomic E-state index is 12.1. The molecule has 0 saturated heterocycles. The summed E-state index contributed by atoms with van der Waals surface area (Å²) in [6, 6.07) is 9.07. The molecule has 2 N–H and O–H groups in total. The van der Waals surface area contributed by atoms with Crippen LogP contribution in [0.25, 0.3) is 0 Å². The van der Waals surface area contributed by atoms with Crippen LogP contribution in [0.15, 0.2) is 46.0 Å². The van der Waals surface area contributed by atoms with Crippen LogP contribution in [0.3, 0.4) is 0 Å². The van der Waals surface area contributed by atoms with Gasteiger partial charge in [-0.3, -0.25) is 23.5 Å². The first kappa shape index (κ1) is 18.2. The van der Waals surface area contributed by atoms with Crippen molar-refractivity contribution in [3.63, 3.8) is 0 Å². The van der Waals surface area contributed by atoms with Crippen molar-refractivity contribution in [1.29, 1.82) is 0 Å². The summed E-state index contributed by atoms with van der Waals surface area (Å²) < 4.78 is 2.27. The van der Waals surface area contributed by atoms with E-state index in [0.717, 1.165) is 4.57 Å². The largest absolute Gasteiger partial charge is 0.349 e. The number of nitrogens with zero attached hydrogens (tertiary/aromatic N) is 2. The highest BCUT2D eigenvalue weighted by atomic mass is 16.2. The van der Waals surface area contributed by atoms with Crippen molar-refractivity contribution in [1.82, 2.24) is 19.8 Å². The Hall–Kier alpha value is -3.16. The molecule has 1 unspecified atom stereocenters. The van der Waals surface area contributed by atoms with Gasteiger partial charge in [0.25, 0.3) is 11.5 Å². The Kier molecular flexibility index (Phi) is 5.53. The van der Waals surface area contributed by atoms with Crippen LogP contribution < -0.4 is 21.9 Å². The van der Waals surface area contributed by atoms with Gasteiger partial charge in [0.15, 0.2) is 0 Å². The molecule has 132 valence electrons. The Morgan fingerprint density at radius 2 is 1.72 bits per heavy atom. The predicted octanol–water partition coefficient (Wildman–Crippen LogP) is -0.481.